The predicted octanol–water partition coefficient (Wildman–Crippen LogP) is 1.43. The summed E-state index contributed by atoms with van der Waals surface area (Å²) >= 11 is 1.23. The molecule has 1 aliphatic rings. The summed E-state index contributed by atoms with van der Waals surface area (Å²) in [6.45, 7) is 0. The van der Waals surface area contributed by atoms with Crippen LogP contribution in [-0.4, -0.2) is 41.3 Å². The Kier molecular flexibility index (Phi) is 3.59. The van der Waals surface area contributed by atoms with E-state index >= 15 is 0 Å². The van der Waals surface area contributed by atoms with E-state index in [2.05, 4.69) is 25.5 Å². The molecule has 0 spiro atoms. The molecule has 1 fully saturated rings. The number of carboxylic acids is 1. The van der Waals surface area contributed by atoms with Crippen LogP contribution in [0.1, 0.15) is 42.2 Å². The minimum Gasteiger partial charge on any atom is -0.476 e. The topological polar surface area (TPSA) is 107 Å². The number of hydrogen-bond donors (Lipinski definition) is 1. The van der Waals surface area contributed by atoms with Gasteiger partial charge in [-0.15, -0.1) is 5.10 Å². The van der Waals surface area contributed by atoms with Crippen LogP contribution in [0.5, 0.6) is 0 Å². The average molecular weight is 292 g/mol. The molecule has 0 bridgehead atoms. The molecule has 2 heterocycles. The molecular weight excluding hydrogens is 280 g/mol. The smallest absolute Gasteiger partial charge is 0.356 e. The van der Waals surface area contributed by atoms with Crippen molar-refractivity contribution in [3.8, 4) is 0 Å². The van der Waals surface area contributed by atoms with Gasteiger partial charge in [0.05, 0.1) is 18.4 Å². The van der Waals surface area contributed by atoms with Gasteiger partial charge in [0, 0.05) is 0 Å². The first-order chi connectivity index (χ1) is 9.74. The van der Waals surface area contributed by atoms with Crippen molar-refractivity contribution in [2.75, 3.05) is 0 Å². The van der Waals surface area contributed by atoms with E-state index < -0.39 is 5.97 Å². The zero-order valence-electron chi connectivity index (χ0n) is 10.5. The van der Waals surface area contributed by atoms with Crippen LogP contribution in [-0.2, 0) is 0 Å². The molecule has 1 saturated carbocycles. The molecule has 0 unspecified atom stereocenters. The van der Waals surface area contributed by atoms with Gasteiger partial charge in [0.2, 0.25) is 5.16 Å². The lowest BCUT2D eigenvalue weighted by atomic mass is 10.3. The molecule has 1 N–H and O–H groups in total. The quantitative estimate of drug-likeness (QED) is 0.901. The van der Waals surface area contributed by atoms with Gasteiger partial charge in [-0.05, 0) is 35.0 Å². The third kappa shape index (κ3) is 2.62. The SMILES string of the molecule is O=C(O)c1cncc(Sc2nnnn2C2CCCC2)n1. The second-order valence-electron chi connectivity index (χ2n) is 4.49. The van der Waals surface area contributed by atoms with Gasteiger partial charge in [-0.1, -0.05) is 12.8 Å². The summed E-state index contributed by atoms with van der Waals surface area (Å²) in [7, 11) is 0. The Balaban J connectivity index is 1.82. The van der Waals surface area contributed by atoms with E-state index in [9.17, 15) is 4.79 Å². The maximum Gasteiger partial charge on any atom is 0.356 e. The first-order valence-electron chi connectivity index (χ1n) is 6.25. The highest BCUT2D eigenvalue weighted by Crippen LogP contribution is 2.33. The number of nitrogens with zero attached hydrogens (tertiary/aromatic N) is 6. The van der Waals surface area contributed by atoms with Crippen LogP contribution in [0.15, 0.2) is 22.6 Å². The molecule has 0 saturated heterocycles. The van der Waals surface area contributed by atoms with Crippen LogP contribution < -0.4 is 0 Å². The summed E-state index contributed by atoms with van der Waals surface area (Å²) in [6, 6.07) is 0.322. The number of aromatic nitrogens is 6. The highest BCUT2D eigenvalue weighted by Gasteiger charge is 2.22. The molecule has 0 aliphatic heterocycles. The molecule has 0 amide bonds. The van der Waals surface area contributed by atoms with Gasteiger partial charge in [-0.25, -0.2) is 14.5 Å². The van der Waals surface area contributed by atoms with Crippen LogP contribution in [0, 0.1) is 0 Å². The summed E-state index contributed by atoms with van der Waals surface area (Å²) in [5, 5.41) is 21.7. The fourth-order valence-corrected chi connectivity index (χ4v) is 3.03. The van der Waals surface area contributed by atoms with Crippen LogP contribution in [0.4, 0.5) is 0 Å². The van der Waals surface area contributed by atoms with Crippen LogP contribution in [0.2, 0.25) is 0 Å². The van der Waals surface area contributed by atoms with Gasteiger partial charge in [0.1, 0.15) is 5.03 Å². The molecule has 2 aromatic rings. The molecule has 0 aromatic carbocycles. The summed E-state index contributed by atoms with van der Waals surface area (Å²) in [4.78, 5) is 18.8. The molecule has 0 radical (unpaired) electrons. The fourth-order valence-electron chi connectivity index (χ4n) is 2.22. The molecule has 0 atom stereocenters. The van der Waals surface area contributed by atoms with Crippen molar-refractivity contribution < 1.29 is 9.90 Å². The van der Waals surface area contributed by atoms with Crippen LogP contribution >= 0.6 is 11.8 Å². The van der Waals surface area contributed by atoms with Crippen molar-refractivity contribution in [1.29, 1.82) is 0 Å². The standard InChI is InChI=1S/C11H12N6O2S/c18-10(19)8-5-12-6-9(13-8)20-11-14-15-16-17(11)7-3-1-2-4-7/h5-7H,1-4H2,(H,18,19). The first kappa shape index (κ1) is 13.0. The van der Waals surface area contributed by atoms with E-state index in [1.165, 1.54) is 37.0 Å². The summed E-state index contributed by atoms with van der Waals surface area (Å²) in [6.07, 6.45) is 7.22. The predicted molar refractivity (Wildman–Crippen MR) is 68.4 cm³/mol. The lowest BCUT2D eigenvalue weighted by Gasteiger charge is -2.10. The minimum atomic E-state index is -1.10. The first-order valence-corrected chi connectivity index (χ1v) is 7.07. The Morgan fingerprint density at radius 1 is 1.35 bits per heavy atom. The Morgan fingerprint density at radius 3 is 2.90 bits per heavy atom. The van der Waals surface area contributed by atoms with Crippen molar-refractivity contribution in [3.63, 3.8) is 0 Å². The number of tetrazole rings is 1. The third-order valence-corrected chi connectivity index (χ3v) is 4.02. The second-order valence-corrected chi connectivity index (χ2v) is 5.48. The molecule has 104 valence electrons. The maximum absolute atomic E-state index is 10.9. The average Bonchev–Trinajstić information content (AvgIpc) is 3.09. The van der Waals surface area contributed by atoms with Crippen LogP contribution in [0.25, 0.3) is 0 Å². The monoisotopic (exact) mass is 292 g/mol. The Bertz CT molecular complexity index is 625. The normalized spacial score (nSPS) is 15.6. The summed E-state index contributed by atoms with van der Waals surface area (Å²) in [5.74, 6) is -1.10. The van der Waals surface area contributed by atoms with E-state index in [1.807, 2.05) is 0 Å². The number of rotatable bonds is 4. The highest BCUT2D eigenvalue weighted by molar-refractivity contribution is 7.99. The van der Waals surface area contributed by atoms with Crippen molar-refractivity contribution in [2.45, 2.75) is 41.9 Å². The number of carboxylic acid groups (broad SMARTS) is 1. The summed E-state index contributed by atoms with van der Waals surface area (Å²) < 4.78 is 1.80. The van der Waals surface area contributed by atoms with Gasteiger partial charge in [-0.3, -0.25) is 4.98 Å². The Hall–Kier alpha value is -2.03. The number of aromatic carboxylic acids is 1. The minimum absolute atomic E-state index is 0.0881. The number of carbonyl (C=O) groups is 1. The molecule has 3 rings (SSSR count). The van der Waals surface area contributed by atoms with Gasteiger partial charge >= 0.3 is 5.97 Å². The van der Waals surface area contributed by atoms with Gasteiger partial charge < -0.3 is 5.11 Å². The number of hydrogen-bond acceptors (Lipinski definition) is 7. The van der Waals surface area contributed by atoms with E-state index in [1.54, 1.807) is 4.68 Å². The van der Waals surface area contributed by atoms with Gasteiger partial charge in [-0.2, -0.15) is 0 Å². The van der Waals surface area contributed by atoms with E-state index in [0.717, 1.165) is 12.8 Å². The van der Waals surface area contributed by atoms with Crippen molar-refractivity contribution in [2.24, 2.45) is 0 Å². The summed E-state index contributed by atoms with van der Waals surface area (Å²) in [5.41, 5.74) is -0.0881. The fraction of sp³-hybridized carbons (Fsp3) is 0.455. The molecule has 9 heteroatoms. The zero-order valence-corrected chi connectivity index (χ0v) is 11.3. The van der Waals surface area contributed by atoms with E-state index in [-0.39, 0.29) is 5.69 Å². The van der Waals surface area contributed by atoms with Crippen LogP contribution in [0.3, 0.4) is 0 Å². The molecule has 1 aliphatic carbocycles. The molecule has 8 nitrogen and oxygen atoms in total. The lowest BCUT2D eigenvalue weighted by Crippen LogP contribution is -2.08. The van der Waals surface area contributed by atoms with E-state index in [0.29, 0.717) is 16.2 Å². The molecular formula is C11H12N6O2S. The molecule has 20 heavy (non-hydrogen) atoms. The highest BCUT2D eigenvalue weighted by atomic mass is 32.2. The molecule has 2 aromatic heterocycles. The largest absolute Gasteiger partial charge is 0.476 e. The Morgan fingerprint density at radius 2 is 2.15 bits per heavy atom. The van der Waals surface area contributed by atoms with Crippen molar-refractivity contribution in [1.82, 2.24) is 30.2 Å². The van der Waals surface area contributed by atoms with E-state index in [4.69, 9.17) is 5.11 Å². The maximum atomic E-state index is 10.9. The van der Waals surface area contributed by atoms with Crippen molar-refractivity contribution >= 4 is 17.7 Å². The third-order valence-electron chi connectivity index (χ3n) is 3.16. The lowest BCUT2D eigenvalue weighted by molar-refractivity contribution is 0.0689. The van der Waals surface area contributed by atoms with Gasteiger partial charge in [0.15, 0.2) is 5.69 Å². The zero-order chi connectivity index (χ0) is 13.9. The van der Waals surface area contributed by atoms with Crippen molar-refractivity contribution in [3.05, 3.63) is 18.1 Å². The second kappa shape index (κ2) is 5.53. The Labute approximate surface area is 118 Å². The van der Waals surface area contributed by atoms with Gasteiger partial charge in [0.25, 0.3) is 0 Å².